The number of para-hydroxylation sites is 1. The molecule has 7 nitrogen and oxygen atoms in total. The average Bonchev–Trinajstić information content (AvgIpc) is 3.53. The summed E-state index contributed by atoms with van der Waals surface area (Å²) in [6.07, 6.45) is 0. The fraction of sp³-hybridized carbons (Fsp3) is 0. The molecule has 0 radical (unpaired) electrons. The van der Waals surface area contributed by atoms with Crippen LogP contribution in [0.4, 0.5) is 16.5 Å². The first kappa shape index (κ1) is 26.2. The Morgan fingerprint density at radius 3 is 1.95 bits per heavy atom. The maximum atomic E-state index is 13.1. The molecule has 0 atom stereocenters. The van der Waals surface area contributed by atoms with Crippen LogP contribution in [-0.4, -0.2) is 22.7 Å². The van der Waals surface area contributed by atoms with Crippen molar-refractivity contribution >= 4 is 57.2 Å². The molecule has 1 aromatic heterocycles. The number of hydrogen-bond donors (Lipinski definition) is 2. The van der Waals surface area contributed by atoms with Crippen LogP contribution in [0.1, 0.15) is 10.4 Å². The molecule has 0 bridgehead atoms. The largest absolute Gasteiger partial charge is 0.350 e. The van der Waals surface area contributed by atoms with E-state index in [1.54, 1.807) is 54.6 Å². The van der Waals surface area contributed by atoms with Crippen LogP contribution >= 0.6 is 22.9 Å². The Morgan fingerprint density at radius 2 is 1.32 bits per heavy atom. The van der Waals surface area contributed by atoms with Crippen molar-refractivity contribution in [3.63, 3.8) is 0 Å². The number of nitrogens with zero attached hydrogens (tertiary/aromatic N) is 2. The summed E-state index contributed by atoms with van der Waals surface area (Å²) in [6, 6.07) is 34.8. The van der Waals surface area contributed by atoms with Gasteiger partial charge in [0.25, 0.3) is 17.7 Å². The number of benzene rings is 4. The molecule has 3 amide bonds. The Morgan fingerprint density at radius 1 is 0.732 bits per heavy atom. The van der Waals surface area contributed by atoms with E-state index < -0.39 is 11.8 Å². The lowest BCUT2D eigenvalue weighted by atomic mass is 10.1. The van der Waals surface area contributed by atoms with E-state index in [2.05, 4.69) is 10.6 Å². The highest BCUT2D eigenvalue weighted by atomic mass is 35.5. The highest BCUT2D eigenvalue weighted by Crippen LogP contribution is 2.39. The number of carbonyl (C=O) groups excluding carboxylic acids is 3. The average molecular weight is 577 g/mol. The van der Waals surface area contributed by atoms with Crippen molar-refractivity contribution in [3.8, 4) is 21.7 Å². The summed E-state index contributed by atoms with van der Waals surface area (Å²) in [5.74, 6) is -1.49. The van der Waals surface area contributed by atoms with E-state index in [0.717, 1.165) is 26.6 Å². The van der Waals surface area contributed by atoms with E-state index >= 15 is 0 Å². The minimum atomic E-state index is -0.602. The van der Waals surface area contributed by atoms with Gasteiger partial charge in [0, 0.05) is 16.8 Å². The normalized spacial score (nSPS) is 13.0. The first-order valence-electron chi connectivity index (χ1n) is 12.6. The van der Waals surface area contributed by atoms with Gasteiger partial charge in [-0.05, 0) is 42.0 Å². The number of thiazole rings is 1. The zero-order chi connectivity index (χ0) is 28.3. The molecule has 0 fully saturated rings. The van der Waals surface area contributed by atoms with Crippen LogP contribution in [0, 0.1) is 0 Å². The predicted molar refractivity (Wildman–Crippen MR) is 163 cm³/mol. The molecule has 4 aromatic carbocycles. The molecule has 2 heterocycles. The van der Waals surface area contributed by atoms with Crippen LogP contribution in [0.3, 0.4) is 0 Å². The summed E-state index contributed by atoms with van der Waals surface area (Å²) in [5.41, 5.74) is 4.06. The number of nitrogens with one attached hydrogen (secondary N) is 2. The molecule has 1 aliphatic heterocycles. The summed E-state index contributed by atoms with van der Waals surface area (Å²) in [5, 5.41) is 6.11. The third-order valence-corrected chi connectivity index (χ3v) is 7.76. The fourth-order valence-electron chi connectivity index (χ4n) is 4.39. The van der Waals surface area contributed by atoms with Crippen LogP contribution < -0.4 is 15.5 Å². The van der Waals surface area contributed by atoms with Crippen molar-refractivity contribution in [1.82, 2.24) is 4.98 Å². The molecule has 1 aliphatic rings. The maximum absolute atomic E-state index is 13.1. The van der Waals surface area contributed by atoms with Gasteiger partial charge in [0.05, 0.1) is 16.3 Å². The van der Waals surface area contributed by atoms with Gasteiger partial charge in [0.15, 0.2) is 5.13 Å². The summed E-state index contributed by atoms with van der Waals surface area (Å²) in [6.45, 7) is 0. The molecule has 6 rings (SSSR count). The lowest BCUT2D eigenvalue weighted by Gasteiger charge is -2.14. The van der Waals surface area contributed by atoms with Gasteiger partial charge in [0.2, 0.25) is 0 Å². The molecule has 9 heteroatoms. The minimum absolute atomic E-state index is 0.0256. The van der Waals surface area contributed by atoms with E-state index in [1.807, 2.05) is 60.7 Å². The Balaban J connectivity index is 1.19. The standard InChI is InChI=1S/C32H21ClN4O3S/c33-25-27(31(40)37(30(25)39)24-14-8-3-9-15-24)34-23-18-16-22(17-19-23)29(38)36-32-35-26(20-10-4-1-5-11-20)28(41-32)21-12-6-2-7-13-21/h1-19,34H,(H,35,36,38). The third-order valence-electron chi connectivity index (χ3n) is 6.39. The zero-order valence-corrected chi connectivity index (χ0v) is 22.9. The van der Waals surface area contributed by atoms with E-state index in [9.17, 15) is 14.4 Å². The highest BCUT2D eigenvalue weighted by Gasteiger charge is 2.38. The summed E-state index contributed by atoms with van der Waals surface area (Å²) in [7, 11) is 0. The predicted octanol–water partition coefficient (Wildman–Crippen LogP) is 7.17. The van der Waals surface area contributed by atoms with Crippen molar-refractivity contribution < 1.29 is 14.4 Å². The SMILES string of the molecule is O=C(Nc1nc(-c2ccccc2)c(-c2ccccc2)s1)c1ccc(NC2=C(Cl)C(=O)N(c3ccccc3)C2=O)cc1. The Bertz CT molecular complexity index is 1730. The molecule has 0 saturated carbocycles. The molecular weight excluding hydrogens is 556 g/mol. The van der Waals surface area contributed by atoms with E-state index in [1.165, 1.54) is 11.3 Å². The highest BCUT2D eigenvalue weighted by molar-refractivity contribution is 7.19. The van der Waals surface area contributed by atoms with E-state index in [4.69, 9.17) is 16.6 Å². The second kappa shape index (κ2) is 11.2. The number of anilines is 3. The van der Waals surface area contributed by atoms with Crippen molar-refractivity contribution in [2.24, 2.45) is 0 Å². The topological polar surface area (TPSA) is 91.4 Å². The Kier molecular flexibility index (Phi) is 7.16. The first-order chi connectivity index (χ1) is 20.0. The van der Waals surface area contributed by atoms with Gasteiger partial charge in [-0.2, -0.15) is 0 Å². The summed E-state index contributed by atoms with van der Waals surface area (Å²) in [4.78, 5) is 45.5. The van der Waals surface area contributed by atoms with Gasteiger partial charge in [-0.25, -0.2) is 9.88 Å². The van der Waals surface area contributed by atoms with Crippen molar-refractivity contribution in [2.75, 3.05) is 15.5 Å². The molecule has 41 heavy (non-hydrogen) atoms. The quantitative estimate of drug-likeness (QED) is 0.200. The molecular formula is C32H21ClN4O3S. The van der Waals surface area contributed by atoms with Crippen LogP contribution in [0.25, 0.3) is 21.7 Å². The van der Waals surface area contributed by atoms with Gasteiger partial charge in [-0.3, -0.25) is 19.7 Å². The number of halogens is 1. The second-order valence-corrected chi connectivity index (χ2v) is 10.4. The number of amides is 3. The lowest BCUT2D eigenvalue weighted by molar-refractivity contribution is -0.120. The smallest absolute Gasteiger partial charge is 0.283 e. The van der Waals surface area contributed by atoms with Gasteiger partial charge in [-0.1, -0.05) is 102 Å². The van der Waals surface area contributed by atoms with E-state index in [0.29, 0.717) is 22.1 Å². The Hall–Kier alpha value is -5.05. The van der Waals surface area contributed by atoms with Gasteiger partial charge in [0.1, 0.15) is 10.7 Å². The zero-order valence-electron chi connectivity index (χ0n) is 21.4. The van der Waals surface area contributed by atoms with Crippen LogP contribution in [-0.2, 0) is 9.59 Å². The summed E-state index contributed by atoms with van der Waals surface area (Å²) >= 11 is 7.63. The molecule has 0 aliphatic carbocycles. The number of aromatic nitrogens is 1. The number of hydrogen-bond acceptors (Lipinski definition) is 6. The van der Waals surface area contributed by atoms with Gasteiger partial charge >= 0.3 is 0 Å². The monoisotopic (exact) mass is 576 g/mol. The summed E-state index contributed by atoms with van der Waals surface area (Å²) < 4.78 is 0. The molecule has 0 saturated heterocycles. The Labute approximate surface area is 244 Å². The van der Waals surface area contributed by atoms with E-state index in [-0.39, 0.29) is 16.6 Å². The minimum Gasteiger partial charge on any atom is -0.350 e. The lowest BCUT2D eigenvalue weighted by Crippen LogP contribution is -2.32. The molecule has 5 aromatic rings. The second-order valence-electron chi connectivity index (χ2n) is 9.06. The first-order valence-corrected chi connectivity index (χ1v) is 13.8. The van der Waals surface area contributed by atoms with Crippen molar-refractivity contribution in [2.45, 2.75) is 0 Å². The fourth-order valence-corrected chi connectivity index (χ4v) is 5.59. The number of rotatable bonds is 7. The molecule has 0 unspecified atom stereocenters. The molecule has 2 N–H and O–H groups in total. The van der Waals surface area contributed by atoms with Crippen LogP contribution in [0.15, 0.2) is 126 Å². The number of carbonyl (C=O) groups is 3. The van der Waals surface area contributed by atoms with Crippen molar-refractivity contribution in [3.05, 3.63) is 132 Å². The van der Waals surface area contributed by atoms with Gasteiger partial charge < -0.3 is 5.32 Å². The van der Waals surface area contributed by atoms with Crippen LogP contribution in [0.2, 0.25) is 0 Å². The van der Waals surface area contributed by atoms with Crippen LogP contribution in [0.5, 0.6) is 0 Å². The third kappa shape index (κ3) is 5.26. The maximum Gasteiger partial charge on any atom is 0.283 e. The van der Waals surface area contributed by atoms with Gasteiger partial charge in [-0.15, -0.1) is 0 Å². The van der Waals surface area contributed by atoms with Crippen molar-refractivity contribution in [1.29, 1.82) is 0 Å². The molecule has 0 spiro atoms. The number of imide groups is 1. The molecule has 200 valence electrons.